The molecule has 4 aromatic rings. The number of anilines is 1. The highest BCUT2D eigenvalue weighted by molar-refractivity contribution is 7.90. The zero-order valence-corrected chi connectivity index (χ0v) is 20.0. The van der Waals surface area contributed by atoms with E-state index in [-0.39, 0.29) is 18.0 Å². The number of amides is 1. The zero-order valence-electron chi connectivity index (χ0n) is 19.2. The smallest absolute Gasteiger partial charge is 0.277 e. The Balaban J connectivity index is 1.64. The number of rotatable bonds is 7. The van der Waals surface area contributed by atoms with Crippen LogP contribution in [0.1, 0.15) is 35.6 Å². The Morgan fingerprint density at radius 1 is 1.26 bits per heavy atom. The van der Waals surface area contributed by atoms with E-state index in [0.717, 1.165) is 5.69 Å². The summed E-state index contributed by atoms with van der Waals surface area (Å²) in [5.74, 6) is -0.259. The molecule has 3 aromatic heterocycles. The Morgan fingerprint density at radius 2 is 2.03 bits per heavy atom. The van der Waals surface area contributed by atoms with E-state index >= 15 is 0 Å². The maximum absolute atomic E-state index is 12.9. The lowest BCUT2D eigenvalue weighted by molar-refractivity contribution is 0.0793. The number of carbonyl (C=O) groups excluding carboxylic acids is 1. The predicted octanol–water partition coefficient (Wildman–Crippen LogP) is 2.92. The van der Waals surface area contributed by atoms with Crippen molar-refractivity contribution in [3.05, 3.63) is 59.9 Å². The molecular formula is C23H25N5O5S. The second-order valence-corrected chi connectivity index (χ2v) is 11.0. The zero-order chi connectivity index (χ0) is 24.7. The van der Waals surface area contributed by atoms with Crippen LogP contribution in [-0.4, -0.2) is 51.2 Å². The third kappa shape index (κ3) is 5.32. The number of aliphatic hydroxyl groups is 1. The molecule has 0 aliphatic rings. The van der Waals surface area contributed by atoms with E-state index in [4.69, 9.17) is 4.42 Å². The number of sulfone groups is 1. The van der Waals surface area contributed by atoms with E-state index in [0.29, 0.717) is 33.6 Å². The van der Waals surface area contributed by atoms with Gasteiger partial charge in [-0.3, -0.25) is 14.5 Å². The first-order valence-corrected chi connectivity index (χ1v) is 12.6. The molecule has 11 heteroatoms. The van der Waals surface area contributed by atoms with Gasteiger partial charge in [-0.1, -0.05) is 0 Å². The molecule has 0 atom stereocenters. The summed E-state index contributed by atoms with van der Waals surface area (Å²) < 4.78 is 30.0. The molecule has 0 radical (unpaired) electrons. The molecule has 1 amide bonds. The standard InChI is InChI=1S/C23H25N5O5S/c1-14-9-15(5-6-24-14)22-26-20(13-33-22)21(29)25-19-10-16-12-28(7-8-34(4,31)32)27-18(16)11-17(19)23(2,3)30/h5-6,9-13,30H,7-8H2,1-4H3,(H,25,29). The van der Waals surface area contributed by atoms with Crippen LogP contribution >= 0.6 is 0 Å². The van der Waals surface area contributed by atoms with E-state index in [1.165, 1.54) is 17.2 Å². The largest absolute Gasteiger partial charge is 0.444 e. The van der Waals surface area contributed by atoms with Gasteiger partial charge in [0.05, 0.1) is 23.4 Å². The van der Waals surface area contributed by atoms with Gasteiger partial charge in [-0.05, 0) is 45.0 Å². The number of pyridine rings is 1. The van der Waals surface area contributed by atoms with Gasteiger partial charge in [0.1, 0.15) is 16.1 Å². The number of fused-ring (bicyclic) bond motifs is 1. The lowest BCUT2D eigenvalue weighted by Gasteiger charge is -2.21. The van der Waals surface area contributed by atoms with Gasteiger partial charge in [0.2, 0.25) is 5.89 Å². The molecular weight excluding hydrogens is 458 g/mol. The Hall–Kier alpha value is -3.57. The van der Waals surface area contributed by atoms with Gasteiger partial charge in [-0.2, -0.15) is 5.10 Å². The predicted molar refractivity (Wildman–Crippen MR) is 127 cm³/mol. The minimum Gasteiger partial charge on any atom is -0.444 e. The molecule has 0 saturated heterocycles. The van der Waals surface area contributed by atoms with E-state index in [1.54, 1.807) is 50.5 Å². The Bertz CT molecular complexity index is 1480. The first kappa shape index (κ1) is 23.6. The lowest BCUT2D eigenvalue weighted by atomic mass is 9.95. The van der Waals surface area contributed by atoms with Gasteiger partial charge in [0, 0.05) is 46.5 Å². The molecule has 2 N–H and O–H groups in total. The van der Waals surface area contributed by atoms with Gasteiger partial charge >= 0.3 is 0 Å². The van der Waals surface area contributed by atoms with Gasteiger partial charge in [-0.25, -0.2) is 13.4 Å². The first-order chi connectivity index (χ1) is 15.9. The van der Waals surface area contributed by atoms with Crippen molar-refractivity contribution < 1.29 is 22.7 Å². The van der Waals surface area contributed by atoms with Crippen LogP contribution in [-0.2, 0) is 22.0 Å². The van der Waals surface area contributed by atoms with Crippen molar-refractivity contribution in [3.8, 4) is 11.5 Å². The summed E-state index contributed by atoms with van der Waals surface area (Å²) in [5.41, 5.74) is 1.70. The molecule has 0 aliphatic heterocycles. The number of benzene rings is 1. The summed E-state index contributed by atoms with van der Waals surface area (Å²) in [4.78, 5) is 21.4. The van der Waals surface area contributed by atoms with Gasteiger partial charge < -0.3 is 14.8 Å². The number of aromatic nitrogens is 4. The fourth-order valence-electron chi connectivity index (χ4n) is 3.48. The van der Waals surface area contributed by atoms with Crippen LogP contribution < -0.4 is 5.32 Å². The van der Waals surface area contributed by atoms with Crippen molar-refractivity contribution in [1.29, 1.82) is 0 Å². The van der Waals surface area contributed by atoms with Crippen LogP contribution in [0, 0.1) is 6.92 Å². The molecule has 178 valence electrons. The number of hydrogen-bond acceptors (Lipinski definition) is 8. The summed E-state index contributed by atoms with van der Waals surface area (Å²) >= 11 is 0. The van der Waals surface area contributed by atoms with Crippen LogP contribution in [0.5, 0.6) is 0 Å². The highest BCUT2D eigenvalue weighted by atomic mass is 32.2. The van der Waals surface area contributed by atoms with Crippen LogP contribution in [0.2, 0.25) is 0 Å². The summed E-state index contributed by atoms with van der Waals surface area (Å²) in [5, 5.41) is 18.6. The Kier molecular flexibility index (Phi) is 6.00. The number of nitrogens with zero attached hydrogens (tertiary/aromatic N) is 4. The topological polar surface area (TPSA) is 140 Å². The summed E-state index contributed by atoms with van der Waals surface area (Å²) in [6.07, 6.45) is 5.77. The van der Waals surface area contributed by atoms with Crippen LogP contribution in [0.25, 0.3) is 22.4 Å². The van der Waals surface area contributed by atoms with Crippen molar-refractivity contribution in [2.75, 3.05) is 17.3 Å². The van der Waals surface area contributed by atoms with Crippen LogP contribution in [0.3, 0.4) is 0 Å². The number of carbonyl (C=O) groups is 1. The molecule has 1 aromatic carbocycles. The minimum absolute atomic E-state index is 0.0472. The molecule has 3 heterocycles. The molecule has 10 nitrogen and oxygen atoms in total. The van der Waals surface area contributed by atoms with Gasteiger partial charge in [-0.15, -0.1) is 0 Å². The lowest BCUT2D eigenvalue weighted by Crippen LogP contribution is -2.21. The van der Waals surface area contributed by atoms with Crippen molar-refractivity contribution in [3.63, 3.8) is 0 Å². The number of oxazole rings is 1. The minimum atomic E-state index is -3.14. The third-order valence-electron chi connectivity index (χ3n) is 5.17. The molecule has 0 bridgehead atoms. The molecule has 0 aliphatic carbocycles. The van der Waals surface area contributed by atoms with Crippen molar-refractivity contribution >= 4 is 32.3 Å². The first-order valence-electron chi connectivity index (χ1n) is 10.5. The summed E-state index contributed by atoms with van der Waals surface area (Å²) in [6, 6.07) is 6.91. The van der Waals surface area contributed by atoms with E-state index < -0.39 is 21.3 Å². The number of nitrogens with one attached hydrogen (secondary N) is 1. The fourth-order valence-corrected chi connectivity index (χ4v) is 4.00. The van der Waals surface area contributed by atoms with Crippen molar-refractivity contribution in [2.45, 2.75) is 32.9 Å². The van der Waals surface area contributed by atoms with Crippen molar-refractivity contribution in [2.24, 2.45) is 0 Å². The fraction of sp³-hybridized carbons (Fsp3) is 0.304. The highest BCUT2D eigenvalue weighted by Crippen LogP contribution is 2.32. The highest BCUT2D eigenvalue weighted by Gasteiger charge is 2.24. The molecule has 4 rings (SSSR count). The molecule has 0 saturated carbocycles. The Morgan fingerprint density at radius 3 is 2.71 bits per heavy atom. The number of aryl methyl sites for hydroxylation is 2. The Labute approximate surface area is 196 Å². The van der Waals surface area contributed by atoms with Crippen LogP contribution in [0.15, 0.2) is 47.3 Å². The van der Waals surface area contributed by atoms with Crippen LogP contribution in [0.4, 0.5) is 5.69 Å². The van der Waals surface area contributed by atoms with Gasteiger partial charge in [0.15, 0.2) is 5.69 Å². The normalized spacial score (nSPS) is 12.3. The SMILES string of the molecule is Cc1cc(-c2nc(C(=O)Nc3cc4cn(CCS(C)(=O)=O)nc4cc3C(C)(C)O)co2)ccn1. The van der Waals surface area contributed by atoms with E-state index in [1.807, 2.05) is 6.92 Å². The third-order valence-corrected chi connectivity index (χ3v) is 6.09. The quantitative estimate of drug-likeness (QED) is 0.409. The maximum atomic E-state index is 12.9. The average molecular weight is 484 g/mol. The second-order valence-electron chi connectivity index (χ2n) is 8.72. The van der Waals surface area contributed by atoms with Gasteiger partial charge in [0.25, 0.3) is 5.91 Å². The van der Waals surface area contributed by atoms with E-state index in [9.17, 15) is 18.3 Å². The molecule has 0 spiro atoms. The second kappa shape index (κ2) is 8.65. The van der Waals surface area contributed by atoms with Crippen molar-refractivity contribution in [1.82, 2.24) is 19.7 Å². The average Bonchev–Trinajstić information content (AvgIpc) is 3.37. The summed E-state index contributed by atoms with van der Waals surface area (Å²) in [6.45, 7) is 5.25. The van der Waals surface area contributed by atoms with E-state index in [2.05, 4.69) is 20.4 Å². The number of hydrogen-bond donors (Lipinski definition) is 2. The summed E-state index contributed by atoms with van der Waals surface area (Å²) in [7, 11) is -3.14. The molecule has 0 fully saturated rings. The molecule has 0 unspecified atom stereocenters. The molecule has 34 heavy (non-hydrogen) atoms. The monoisotopic (exact) mass is 483 g/mol. The maximum Gasteiger partial charge on any atom is 0.277 e.